The summed E-state index contributed by atoms with van der Waals surface area (Å²) in [6.07, 6.45) is -1.15. The lowest BCUT2D eigenvalue weighted by Crippen LogP contribution is -2.58. The van der Waals surface area contributed by atoms with Gasteiger partial charge in [-0.05, 0) is 6.92 Å². The van der Waals surface area contributed by atoms with Gasteiger partial charge in [-0.1, -0.05) is 37.3 Å². The Morgan fingerprint density at radius 2 is 1.91 bits per heavy atom. The van der Waals surface area contributed by atoms with Gasteiger partial charge in [0.1, 0.15) is 12.2 Å². The molecule has 0 spiro atoms. The molecule has 2 heterocycles. The predicted octanol–water partition coefficient (Wildman–Crippen LogP) is 2.46. The van der Waals surface area contributed by atoms with Crippen LogP contribution in [0.25, 0.3) is 0 Å². The molecular formula is C17H22O5. The molecule has 2 aliphatic heterocycles. The number of fused-ring (bicyclic) bond motifs is 1. The minimum atomic E-state index is -0.403. The lowest BCUT2D eigenvalue weighted by molar-refractivity contribution is -0.316. The maximum absolute atomic E-state index is 11.3. The van der Waals surface area contributed by atoms with Gasteiger partial charge in [0.25, 0.3) is 0 Å². The quantitative estimate of drug-likeness (QED) is 0.786. The molecule has 120 valence electrons. The second kappa shape index (κ2) is 6.36. The lowest BCUT2D eigenvalue weighted by atomic mass is 9.87. The van der Waals surface area contributed by atoms with Gasteiger partial charge >= 0.3 is 5.97 Å². The van der Waals surface area contributed by atoms with Crippen LogP contribution in [0.1, 0.15) is 32.6 Å². The van der Waals surface area contributed by atoms with Crippen LogP contribution in [-0.2, 0) is 23.7 Å². The maximum atomic E-state index is 11.3. The zero-order valence-corrected chi connectivity index (χ0v) is 13.1. The van der Waals surface area contributed by atoms with Gasteiger partial charge in [-0.2, -0.15) is 0 Å². The Hall–Kier alpha value is -1.43. The highest BCUT2D eigenvalue weighted by atomic mass is 16.7. The molecule has 0 aliphatic carbocycles. The normalized spacial score (nSPS) is 38.1. The molecule has 5 heteroatoms. The molecule has 2 aliphatic rings. The number of hydrogen-bond acceptors (Lipinski definition) is 5. The molecule has 0 aromatic heterocycles. The van der Waals surface area contributed by atoms with Gasteiger partial charge in [0.15, 0.2) is 6.29 Å². The van der Waals surface area contributed by atoms with Crippen molar-refractivity contribution in [3.8, 4) is 0 Å². The van der Waals surface area contributed by atoms with Gasteiger partial charge < -0.3 is 18.9 Å². The monoisotopic (exact) mass is 306 g/mol. The van der Waals surface area contributed by atoms with Crippen molar-refractivity contribution < 1.29 is 23.7 Å². The minimum absolute atomic E-state index is 0.0489. The number of rotatable bonds is 2. The van der Waals surface area contributed by atoms with Gasteiger partial charge in [-0.15, -0.1) is 0 Å². The van der Waals surface area contributed by atoms with Crippen LogP contribution >= 0.6 is 0 Å². The van der Waals surface area contributed by atoms with Gasteiger partial charge in [0.05, 0.1) is 18.8 Å². The fraction of sp³-hybridized carbons (Fsp3) is 0.588. The molecule has 1 aromatic carbocycles. The average Bonchev–Trinajstić information content (AvgIpc) is 2.52. The number of carbonyl (C=O) groups is 1. The predicted molar refractivity (Wildman–Crippen MR) is 79.1 cm³/mol. The Balaban J connectivity index is 1.75. The lowest BCUT2D eigenvalue weighted by Gasteiger charge is -2.47. The summed E-state index contributed by atoms with van der Waals surface area (Å²) in [5.41, 5.74) is 0.982. The third kappa shape index (κ3) is 3.02. The molecule has 6 atom stereocenters. The first-order valence-electron chi connectivity index (χ1n) is 7.71. The summed E-state index contributed by atoms with van der Waals surface area (Å²) in [4.78, 5) is 11.3. The Kier molecular flexibility index (Phi) is 4.47. The summed E-state index contributed by atoms with van der Waals surface area (Å²) in [5.74, 6) is -0.245. The van der Waals surface area contributed by atoms with Gasteiger partial charge in [0.2, 0.25) is 0 Å². The molecule has 3 unspecified atom stereocenters. The highest BCUT2D eigenvalue weighted by Gasteiger charge is 2.47. The molecule has 1 aromatic rings. The number of esters is 1. The molecule has 0 bridgehead atoms. The SMILES string of the molecule is CC(=O)OC1[C@H](C)OC2COC(c3ccccc3)O[C@H]2[C@@H]1C. The zero-order valence-electron chi connectivity index (χ0n) is 13.1. The van der Waals surface area contributed by atoms with E-state index < -0.39 is 6.29 Å². The van der Waals surface area contributed by atoms with E-state index in [0.717, 1.165) is 5.56 Å². The summed E-state index contributed by atoms with van der Waals surface area (Å²) in [6, 6.07) is 9.83. The summed E-state index contributed by atoms with van der Waals surface area (Å²) in [5, 5.41) is 0. The van der Waals surface area contributed by atoms with Crippen LogP contribution in [0, 0.1) is 5.92 Å². The summed E-state index contributed by atoms with van der Waals surface area (Å²) < 4.78 is 23.3. The molecule has 22 heavy (non-hydrogen) atoms. The van der Waals surface area contributed by atoms with Crippen LogP contribution in [0.3, 0.4) is 0 Å². The molecule has 2 saturated heterocycles. The zero-order chi connectivity index (χ0) is 15.7. The average molecular weight is 306 g/mol. The van der Waals surface area contributed by atoms with Crippen LogP contribution in [0.4, 0.5) is 0 Å². The highest BCUT2D eigenvalue weighted by Crippen LogP contribution is 2.37. The van der Waals surface area contributed by atoms with Crippen molar-refractivity contribution in [3.05, 3.63) is 35.9 Å². The van der Waals surface area contributed by atoms with Crippen molar-refractivity contribution in [1.29, 1.82) is 0 Å². The smallest absolute Gasteiger partial charge is 0.303 e. The summed E-state index contributed by atoms with van der Waals surface area (Å²) in [7, 11) is 0. The number of benzene rings is 1. The van der Waals surface area contributed by atoms with Gasteiger partial charge in [0, 0.05) is 18.4 Å². The first kappa shape index (κ1) is 15.5. The molecule has 3 rings (SSSR count). The van der Waals surface area contributed by atoms with Crippen LogP contribution in [0.15, 0.2) is 30.3 Å². The molecule has 0 saturated carbocycles. The molecular weight excluding hydrogens is 284 g/mol. The number of carbonyl (C=O) groups excluding carboxylic acids is 1. The summed E-state index contributed by atoms with van der Waals surface area (Å²) >= 11 is 0. The molecule has 0 amide bonds. The van der Waals surface area contributed by atoms with Gasteiger partial charge in [-0.3, -0.25) is 4.79 Å². The molecule has 5 nitrogen and oxygen atoms in total. The highest BCUT2D eigenvalue weighted by molar-refractivity contribution is 5.66. The Morgan fingerprint density at radius 3 is 2.59 bits per heavy atom. The topological polar surface area (TPSA) is 54.0 Å². The van der Waals surface area contributed by atoms with E-state index in [9.17, 15) is 4.79 Å². The van der Waals surface area contributed by atoms with Crippen molar-refractivity contribution in [2.24, 2.45) is 5.92 Å². The summed E-state index contributed by atoms with van der Waals surface area (Å²) in [6.45, 7) is 5.86. The van der Waals surface area contributed by atoms with Gasteiger partial charge in [-0.25, -0.2) is 0 Å². The van der Waals surface area contributed by atoms with E-state index in [2.05, 4.69) is 0 Å². The second-order valence-electron chi connectivity index (χ2n) is 5.99. The largest absolute Gasteiger partial charge is 0.459 e. The van der Waals surface area contributed by atoms with Crippen molar-refractivity contribution in [3.63, 3.8) is 0 Å². The third-order valence-corrected chi connectivity index (χ3v) is 4.32. The van der Waals surface area contributed by atoms with Crippen LogP contribution < -0.4 is 0 Å². The fourth-order valence-corrected chi connectivity index (χ4v) is 3.27. The molecule has 0 radical (unpaired) electrons. The van der Waals surface area contributed by atoms with Crippen molar-refractivity contribution in [1.82, 2.24) is 0 Å². The van der Waals surface area contributed by atoms with E-state index in [-0.39, 0.29) is 36.3 Å². The van der Waals surface area contributed by atoms with Crippen LogP contribution in [0.5, 0.6) is 0 Å². The van der Waals surface area contributed by atoms with E-state index in [0.29, 0.717) is 6.61 Å². The van der Waals surface area contributed by atoms with E-state index in [1.54, 1.807) is 0 Å². The Morgan fingerprint density at radius 1 is 1.18 bits per heavy atom. The second-order valence-corrected chi connectivity index (χ2v) is 5.99. The number of hydrogen-bond donors (Lipinski definition) is 0. The molecule has 0 N–H and O–H groups in total. The third-order valence-electron chi connectivity index (χ3n) is 4.32. The van der Waals surface area contributed by atoms with Crippen LogP contribution in [-0.4, -0.2) is 37.0 Å². The molecule has 2 fully saturated rings. The Labute approximate surface area is 130 Å². The van der Waals surface area contributed by atoms with Crippen molar-refractivity contribution in [2.75, 3.05) is 6.61 Å². The van der Waals surface area contributed by atoms with Crippen molar-refractivity contribution in [2.45, 2.75) is 51.5 Å². The Bertz CT molecular complexity index is 517. The maximum Gasteiger partial charge on any atom is 0.303 e. The van der Waals surface area contributed by atoms with Crippen LogP contribution in [0.2, 0.25) is 0 Å². The first-order chi connectivity index (χ1) is 10.6. The fourth-order valence-electron chi connectivity index (χ4n) is 3.27. The van der Waals surface area contributed by atoms with E-state index in [1.165, 1.54) is 6.92 Å². The first-order valence-corrected chi connectivity index (χ1v) is 7.71. The number of ether oxygens (including phenoxy) is 4. The van der Waals surface area contributed by atoms with E-state index in [4.69, 9.17) is 18.9 Å². The van der Waals surface area contributed by atoms with E-state index >= 15 is 0 Å². The standard InChI is InChI=1S/C17H22O5/c1-10-15(21-12(3)18)11(2)20-14-9-19-17(22-16(10)14)13-7-5-4-6-8-13/h4-8,10-11,14-17H,9H2,1-3H3/t10-,11+,14?,15?,16+,17?/m1/s1. The van der Waals surface area contributed by atoms with Crippen molar-refractivity contribution >= 4 is 5.97 Å². The van der Waals surface area contributed by atoms with E-state index in [1.807, 2.05) is 44.2 Å². The minimum Gasteiger partial charge on any atom is -0.459 e.